The lowest BCUT2D eigenvalue weighted by Crippen LogP contribution is -2.15. The third-order valence-electron chi connectivity index (χ3n) is 2.94. The van der Waals surface area contributed by atoms with Crippen LogP contribution in [0.1, 0.15) is 24.0 Å². The minimum Gasteiger partial charge on any atom is -0.292 e. The fraction of sp³-hybridized carbons (Fsp3) is 0.364. The van der Waals surface area contributed by atoms with Gasteiger partial charge in [0.1, 0.15) is 0 Å². The molecule has 1 saturated carbocycles. The maximum atomic E-state index is 4.41. The highest BCUT2D eigenvalue weighted by Gasteiger charge is 2.45. The van der Waals surface area contributed by atoms with Crippen molar-refractivity contribution in [3.8, 4) is 0 Å². The highest BCUT2D eigenvalue weighted by molar-refractivity contribution is 5.80. The van der Waals surface area contributed by atoms with Gasteiger partial charge in [-0.15, -0.1) is 0 Å². The van der Waals surface area contributed by atoms with Gasteiger partial charge in [-0.2, -0.15) is 0 Å². The zero-order valence-electron chi connectivity index (χ0n) is 6.96. The van der Waals surface area contributed by atoms with E-state index in [1.165, 1.54) is 24.0 Å². The first-order valence-electron chi connectivity index (χ1n) is 4.50. The van der Waals surface area contributed by atoms with Crippen LogP contribution < -0.4 is 0 Å². The molecule has 0 aromatic heterocycles. The minimum atomic E-state index is 0.370. The number of hydrogen-bond donors (Lipinski definition) is 0. The van der Waals surface area contributed by atoms with Gasteiger partial charge in [0.2, 0.25) is 0 Å². The van der Waals surface area contributed by atoms with E-state index in [-0.39, 0.29) is 0 Å². The monoisotopic (exact) mass is 157 g/mol. The molecule has 1 fully saturated rings. The van der Waals surface area contributed by atoms with Gasteiger partial charge >= 0.3 is 0 Å². The molecule has 0 amide bonds. The Labute approximate surface area is 72.1 Å². The second kappa shape index (κ2) is 1.98. The Hall–Kier alpha value is -1.11. The Morgan fingerprint density at radius 1 is 1.17 bits per heavy atom. The molecular formula is C11H11N. The Morgan fingerprint density at radius 2 is 2.00 bits per heavy atom. The SMILES string of the molecule is C1=NCc2ccccc2C12CC2. The average Bonchev–Trinajstić information content (AvgIpc) is 2.87. The lowest BCUT2D eigenvalue weighted by atomic mass is 9.90. The predicted octanol–water partition coefficient (Wildman–Crippen LogP) is 2.30. The van der Waals surface area contributed by atoms with Crippen LogP contribution >= 0.6 is 0 Å². The molecule has 1 heterocycles. The van der Waals surface area contributed by atoms with Gasteiger partial charge in [0, 0.05) is 11.6 Å². The lowest BCUT2D eigenvalue weighted by molar-refractivity contribution is 0.869. The summed E-state index contributed by atoms with van der Waals surface area (Å²) >= 11 is 0. The van der Waals surface area contributed by atoms with Crippen molar-refractivity contribution >= 4 is 6.21 Å². The molecule has 1 heteroatoms. The molecule has 0 bridgehead atoms. The van der Waals surface area contributed by atoms with E-state index in [9.17, 15) is 0 Å². The minimum absolute atomic E-state index is 0.370. The van der Waals surface area contributed by atoms with E-state index in [4.69, 9.17) is 0 Å². The molecule has 3 rings (SSSR count). The van der Waals surface area contributed by atoms with Crippen LogP contribution in [0.25, 0.3) is 0 Å². The van der Waals surface area contributed by atoms with Crippen molar-refractivity contribution in [2.75, 3.05) is 0 Å². The van der Waals surface area contributed by atoms with Gasteiger partial charge in [0.25, 0.3) is 0 Å². The van der Waals surface area contributed by atoms with Gasteiger partial charge in [0.05, 0.1) is 6.54 Å². The molecule has 1 aliphatic heterocycles. The van der Waals surface area contributed by atoms with E-state index in [1.807, 2.05) is 0 Å². The normalized spacial score (nSPS) is 22.3. The standard InChI is InChI=1S/C11H11N/c1-2-4-10-9(3-1)7-12-8-11(10)5-6-11/h1-4,8H,5-7H2. The highest BCUT2D eigenvalue weighted by atomic mass is 14.8. The third-order valence-corrected chi connectivity index (χ3v) is 2.94. The number of benzene rings is 1. The number of nitrogens with zero attached hydrogens (tertiary/aromatic N) is 1. The molecule has 0 unspecified atom stereocenters. The Balaban J connectivity index is 2.21. The number of hydrogen-bond acceptors (Lipinski definition) is 1. The van der Waals surface area contributed by atoms with Gasteiger partial charge in [-0.05, 0) is 24.0 Å². The van der Waals surface area contributed by atoms with Crippen molar-refractivity contribution in [3.05, 3.63) is 35.4 Å². The van der Waals surface area contributed by atoms with Crippen molar-refractivity contribution in [3.63, 3.8) is 0 Å². The van der Waals surface area contributed by atoms with Crippen LogP contribution in [0.3, 0.4) is 0 Å². The van der Waals surface area contributed by atoms with E-state index >= 15 is 0 Å². The van der Waals surface area contributed by atoms with E-state index < -0.39 is 0 Å². The summed E-state index contributed by atoms with van der Waals surface area (Å²) in [5, 5.41) is 0. The summed E-state index contributed by atoms with van der Waals surface area (Å²) in [6.45, 7) is 0.887. The topological polar surface area (TPSA) is 12.4 Å². The van der Waals surface area contributed by atoms with E-state index in [0.29, 0.717) is 5.41 Å². The maximum Gasteiger partial charge on any atom is 0.0639 e. The van der Waals surface area contributed by atoms with Crippen molar-refractivity contribution in [1.82, 2.24) is 0 Å². The molecule has 2 aliphatic rings. The number of rotatable bonds is 0. The van der Waals surface area contributed by atoms with E-state index in [0.717, 1.165) is 6.54 Å². The largest absolute Gasteiger partial charge is 0.292 e. The van der Waals surface area contributed by atoms with Crippen molar-refractivity contribution in [2.45, 2.75) is 24.8 Å². The van der Waals surface area contributed by atoms with Gasteiger partial charge in [-0.1, -0.05) is 24.3 Å². The van der Waals surface area contributed by atoms with Crippen LogP contribution in [0.2, 0.25) is 0 Å². The second-order valence-corrected chi connectivity index (χ2v) is 3.78. The molecule has 1 aromatic carbocycles. The molecule has 1 aromatic rings. The van der Waals surface area contributed by atoms with Gasteiger partial charge < -0.3 is 0 Å². The quantitative estimate of drug-likeness (QED) is 0.548. The Morgan fingerprint density at radius 3 is 2.83 bits per heavy atom. The Kier molecular flexibility index (Phi) is 1.06. The van der Waals surface area contributed by atoms with Gasteiger partial charge in [0.15, 0.2) is 0 Å². The summed E-state index contributed by atoms with van der Waals surface area (Å²) in [7, 11) is 0. The molecule has 0 atom stereocenters. The first-order valence-corrected chi connectivity index (χ1v) is 4.50. The summed E-state index contributed by atoms with van der Waals surface area (Å²) in [6.07, 6.45) is 4.76. The fourth-order valence-corrected chi connectivity index (χ4v) is 2.07. The summed E-state index contributed by atoms with van der Waals surface area (Å²) in [5.41, 5.74) is 3.33. The van der Waals surface area contributed by atoms with Gasteiger partial charge in [-0.3, -0.25) is 4.99 Å². The molecule has 1 spiro atoms. The van der Waals surface area contributed by atoms with E-state index in [2.05, 4.69) is 35.5 Å². The van der Waals surface area contributed by atoms with Crippen molar-refractivity contribution < 1.29 is 0 Å². The fourth-order valence-electron chi connectivity index (χ4n) is 2.07. The second-order valence-electron chi connectivity index (χ2n) is 3.78. The van der Waals surface area contributed by atoms with Gasteiger partial charge in [-0.25, -0.2) is 0 Å². The predicted molar refractivity (Wildman–Crippen MR) is 49.6 cm³/mol. The molecule has 0 N–H and O–H groups in total. The van der Waals surface area contributed by atoms with Crippen LogP contribution in [0.4, 0.5) is 0 Å². The zero-order chi connectivity index (χ0) is 8.02. The van der Waals surface area contributed by atoms with Crippen molar-refractivity contribution in [2.24, 2.45) is 4.99 Å². The summed E-state index contributed by atoms with van der Waals surface area (Å²) in [5.74, 6) is 0. The first-order chi connectivity index (χ1) is 5.91. The smallest absolute Gasteiger partial charge is 0.0639 e. The van der Waals surface area contributed by atoms with Crippen molar-refractivity contribution in [1.29, 1.82) is 0 Å². The van der Waals surface area contributed by atoms with E-state index in [1.54, 1.807) is 0 Å². The van der Waals surface area contributed by atoms with Crippen LogP contribution in [-0.4, -0.2) is 6.21 Å². The molecule has 0 radical (unpaired) electrons. The molecule has 0 saturated heterocycles. The van der Waals surface area contributed by atoms with Crippen LogP contribution in [0, 0.1) is 0 Å². The summed E-state index contributed by atoms with van der Waals surface area (Å²) < 4.78 is 0. The molecule has 1 aliphatic carbocycles. The molecular weight excluding hydrogens is 146 g/mol. The van der Waals surface area contributed by atoms with Crippen LogP contribution in [-0.2, 0) is 12.0 Å². The maximum absolute atomic E-state index is 4.41. The first kappa shape index (κ1) is 6.41. The number of fused-ring (bicyclic) bond motifs is 2. The average molecular weight is 157 g/mol. The Bertz CT molecular complexity index is 348. The zero-order valence-corrected chi connectivity index (χ0v) is 6.96. The molecule has 1 nitrogen and oxygen atoms in total. The molecule has 60 valence electrons. The van der Waals surface area contributed by atoms with Crippen LogP contribution in [0.5, 0.6) is 0 Å². The lowest BCUT2D eigenvalue weighted by Gasteiger charge is -2.18. The highest BCUT2D eigenvalue weighted by Crippen LogP contribution is 2.49. The summed E-state index contributed by atoms with van der Waals surface area (Å²) in [4.78, 5) is 4.41. The number of aliphatic imine (C=N–C) groups is 1. The molecule has 12 heavy (non-hydrogen) atoms. The van der Waals surface area contributed by atoms with Crippen LogP contribution in [0.15, 0.2) is 29.3 Å². The third kappa shape index (κ3) is 0.711. The summed E-state index contributed by atoms with van der Waals surface area (Å²) in [6, 6.07) is 8.70.